The van der Waals surface area contributed by atoms with E-state index in [0.29, 0.717) is 17.0 Å². The maximum Gasteiger partial charge on any atom is 0.173 e. The summed E-state index contributed by atoms with van der Waals surface area (Å²) in [7, 11) is 0. The molecule has 0 saturated carbocycles. The lowest BCUT2D eigenvalue weighted by molar-refractivity contribution is 0.281. The van der Waals surface area contributed by atoms with Gasteiger partial charge in [0.25, 0.3) is 0 Å². The molecule has 100 valence electrons. The highest BCUT2D eigenvalue weighted by Gasteiger charge is 2.18. The first-order valence-corrected chi connectivity index (χ1v) is 6.99. The molecule has 0 atom stereocenters. The zero-order chi connectivity index (χ0) is 13.9. The van der Waals surface area contributed by atoms with Crippen LogP contribution in [0.5, 0.6) is 0 Å². The summed E-state index contributed by atoms with van der Waals surface area (Å²) in [5.74, 6) is 0.604. The zero-order valence-corrected chi connectivity index (χ0v) is 12.2. The second kappa shape index (κ2) is 5.61. The Bertz CT molecular complexity index is 722. The minimum atomic E-state index is -0.116. The number of hydrogen-bond donors (Lipinski definition) is 1. The molecule has 4 heteroatoms. The van der Waals surface area contributed by atoms with Gasteiger partial charge in [-0.05, 0) is 12.1 Å². The molecule has 0 bridgehead atoms. The number of aliphatic hydroxyl groups is 1. The summed E-state index contributed by atoms with van der Waals surface area (Å²) < 4.78 is 6.41. The minimum Gasteiger partial charge on any atom is -0.391 e. The molecule has 1 aromatic heterocycles. The lowest BCUT2D eigenvalue weighted by Crippen LogP contribution is -1.89. The van der Waals surface area contributed by atoms with E-state index in [1.807, 2.05) is 54.6 Å². The van der Waals surface area contributed by atoms with E-state index >= 15 is 0 Å². The third-order valence-electron chi connectivity index (χ3n) is 3.08. The summed E-state index contributed by atoms with van der Waals surface area (Å²) >= 11 is 3.43. The molecule has 2 aromatic carbocycles. The SMILES string of the molecule is OCc1c(-c2ccccc2)noc1-c1cccc(Br)c1. The Hall–Kier alpha value is -1.91. The van der Waals surface area contributed by atoms with Crippen molar-refractivity contribution in [1.29, 1.82) is 0 Å². The highest BCUT2D eigenvalue weighted by atomic mass is 79.9. The summed E-state index contributed by atoms with van der Waals surface area (Å²) in [6.07, 6.45) is 0. The highest BCUT2D eigenvalue weighted by Crippen LogP contribution is 2.33. The van der Waals surface area contributed by atoms with E-state index in [4.69, 9.17) is 4.52 Å². The summed E-state index contributed by atoms with van der Waals surface area (Å²) in [5.41, 5.74) is 3.21. The van der Waals surface area contributed by atoms with Gasteiger partial charge in [0.1, 0.15) is 5.69 Å². The van der Waals surface area contributed by atoms with Crippen LogP contribution in [-0.4, -0.2) is 10.3 Å². The van der Waals surface area contributed by atoms with Crippen LogP contribution in [-0.2, 0) is 6.61 Å². The molecule has 0 fully saturated rings. The fourth-order valence-electron chi connectivity index (χ4n) is 2.14. The zero-order valence-electron chi connectivity index (χ0n) is 10.6. The predicted molar refractivity (Wildman–Crippen MR) is 81.0 cm³/mol. The van der Waals surface area contributed by atoms with Crippen molar-refractivity contribution in [2.45, 2.75) is 6.61 Å². The number of aliphatic hydroxyl groups excluding tert-OH is 1. The van der Waals surface area contributed by atoms with Crippen molar-refractivity contribution in [3.63, 3.8) is 0 Å². The molecule has 1 N–H and O–H groups in total. The van der Waals surface area contributed by atoms with Gasteiger partial charge in [0.2, 0.25) is 0 Å². The van der Waals surface area contributed by atoms with E-state index in [2.05, 4.69) is 21.1 Å². The number of halogens is 1. The van der Waals surface area contributed by atoms with Gasteiger partial charge in [-0.25, -0.2) is 0 Å². The van der Waals surface area contributed by atoms with Crippen LogP contribution in [0, 0.1) is 0 Å². The van der Waals surface area contributed by atoms with E-state index in [-0.39, 0.29) is 6.61 Å². The Morgan fingerprint density at radius 1 is 1.00 bits per heavy atom. The second-order valence-electron chi connectivity index (χ2n) is 4.37. The standard InChI is InChI=1S/C16H12BrNO2/c17-13-8-4-7-12(9-13)16-14(10-19)15(18-20-16)11-5-2-1-3-6-11/h1-9,19H,10H2. The average Bonchev–Trinajstić information content (AvgIpc) is 2.92. The largest absolute Gasteiger partial charge is 0.391 e. The second-order valence-corrected chi connectivity index (χ2v) is 5.29. The van der Waals surface area contributed by atoms with E-state index in [0.717, 1.165) is 15.6 Å². The van der Waals surface area contributed by atoms with Crippen LogP contribution in [0.15, 0.2) is 63.6 Å². The molecular weight excluding hydrogens is 318 g/mol. The summed E-state index contributed by atoms with van der Waals surface area (Å²) in [5, 5.41) is 13.8. The van der Waals surface area contributed by atoms with Gasteiger partial charge in [-0.3, -0.25) is 0 Å². The lowest BCUT2D eigenvalue weighted by Gasteiger charge is -2.01. The van der Waals surface area contributed by atoms with Crippen molar-refractivity contribution < 1.29 is 9.63 Å². The van der Waals surface area contributed by atoms with Gasteiger partial charge < -0.3 is 9.63 Å². The minimum absolute atomic E-state index is 0.116. The van der Waals surface area contributed by atoms with Gasteiger partial charge in [-0.1, -0.05) is 63.6 Å². The number of hydrogen-bond acceptors (Lipinski definition) is 3. The molecule has 3 aromatic rings. The quantitative estimate of drug-likeness (QED) is 0.780. The molecule has 0 radical (unpaired) electrons. The first-order valence-electron chi connectivity index (χ1n) is 6.20. The molecular formula is C16H12BrNO2. The topological polar surface area (TPSA) is 46.3 Å². The molecule has 1 heterocycles. The molecule has 3 rings (SSSR count). The molecule has 0 unspecified atom stereocenters. The third-order valence-corrected chi connectivity index (χ3v) is 3.57. The van der Waals surface area contributed by atoms with Crippen molar-refractivity contribution in [3.05, 3.63) is 64.6 Å². The highest BCUT2D eigenvalue weighted by molar-refractivity contribution is 9.10. The van der Waals surface area contributed by atoms with Gasteiger partial charge >= 0.3 is 0 Å². The normalized spacial score (nSPS) is 10.7. The Morgan fingerprint density at radius 3 is 2.45 bits per heavy atom. The fraction of sp³-hybridized carbons (Fsp3) is 0.0625. The fourth-order valence-corrected chi connectivity index (χ4v) is 2.53. The lowest BCUT2D eigenvalue weighted by atomic mass is 10.0. The molecule has 0 aliphatic heterocycles. The van der Waals surface area contributed by atoms with Crippen LogP contribution in [0.1, 0.15) is 5.56 Å². The maximum absolute atomic E-state index is 9.67. The molecule has 20 heavy (non-hydrogen) atoms. The summed E-state index contributed by atoms with van der Waals surface area (Å²) in [6.45, 7) is -0.116. The van der Waals surface area contributed by atoms with Gasteiger partial charge in [0, 0.05) is 15.6 Å². The van der Waals surface area contributed by atoms with E-state index < -0.39 is 0 Å². The smallest absolute Gasteiger partial charge is 0.173 e. The number of rotatable bonds is 3. The Labute approximate surface area is 125 Å². The molecule has 0 spiro atoms. The molecule has 0 aliphatic rings. The van der Waals surface area contributed by atoms with Crippen LogP contribution in [0.4, 0.5) is 0 Å². The third kappa shape index (κ3) is 2.40. The van der Waals surface area contributed by atoms with Crippen molar-refractivity contribution in [1.82, 2.24) is 5.16 Å². The first kappa shape index (κ1) is 13.1. The van der Waals surface area contributed by atoms with Gasteiger partial charge in [0.15, 0.2) is 5.76 Å². The summed E-state index contributed by atoms with van der Waals surface area (Å²) in [6, 6.07) is 17.4. The van der Waals surface area contributed by atoms with Crippen LogP contribution in [0.2, 0.25) is 0 Å². The summed E-state index contributed by atoms with van der Waals surface area (Å²) in [4.78, 5) is 0. The number of nitrogens with zero attached hydrogens (tertiary/aromatic N) is 1. The molecule has 0 saturated heterocycles. The van der Waals surface area contributed by atoms with Crippen molar-refractivity contribution in [3.8, 4) is 22.6 Å². The van der Waals surface area contributed by atoms with Crippen molar-refractivity contribution >= 4 is 15.9 Å². The monoisotopic (exact) mass is 329 g/mol. The van der Waals surface area contributed by atoms with Gasteiger partial charge in [-0.15, -0.1) is 0 Å². The van der Waals surface area contributed by atoms with E-state index in [1.54, 1.807) is 0 Å². The Balaban J connectivity index is 2.13. The van der Waals surface area contributed by atoms with Crippen LogP contribution >= 0.6 is 15.9 Å². The van der Waals surface area contributed by atoms with Gasteiger partial charge in [-0.2, -0.15) is 0 Å². The van der Waals surface area contributed by atoms with Crippen LogP contribution < -0.4 is 0 Å². The average molecular weight is 330 g/mol. The van der Waals surface area contributed by atoms with Crippen molar-refractivity contribution in [2.24, 2.45) is 0 Å². The molecule has 0 amide bonds. The Kier molecular flexibility index (Phi) is 3.67. The van der Waals surface area contributed by atoms with Crippen LogP contribution in [0.3, 0.4) is 0 Å². The van der Waals surface area contributed by atoms with Crippen molar-refractivity contribution in [2.75, 3.05) is 0 Å². The predicted octanol–water partition coefficient (Wildman–Crippen LogP) is 4.26. The molecule has 0 aliphatic carbocycles. The van der Waals surface area contributed by atoms with Gasteiger partial charge in [0.05, 0.1) is 12.2 Å². The van der Waals surface area contributed by atoms with Crippen LogP contribution in [0.25, 0.3) is 22.6 Å². The van der Waals surface area contributed by atoms with E-state index in [9.17, 15) is 5.11 Å². The number of benzene rings is 2. The maximum atomic E-state index is 9.67. The first-order chi connectivity index (χ1) is 9.79. The number of aromatic nitrogens is 1. The Morgan fingerprint density at radius 2 is 1.75 bits per heavy atom. The van der Waals surface area contributed by atoms with E-state index in [1.165, 1.54) is 0 Å². The molecule has 3 nitrogen and oxygen atoms in total.